The van der Waals surface area contributed by atoms with Gasteiger partial charge in [-0.1, -0.05) is 18.2 Å². The second-order valence-corrected chi connectivity index (χ2v) is 5.34. The lowest BCUT2D eigenvalue weighted by Crippen LogP contribution is -2.40. The Morgan fingerprint density at radius 1 is 1.47 bits per heavy atom. The van der Waals surface area contributed by atoms with Crippen LogP contribution < -0.4 is 10.2 Å². The zero-order valence-electron chi connectivity index (χ0n) is 10.8. The van der Waals surface area contributed by atoms with Crippen molar-refractivity contribution in [2.24, 2.45) is 4.99 Å². The predicted molar refractivity (Wildman–Crippen MR) is 79.8 cm³/mol. The molecular weight excluding hydrogens is 256 g/mol. The molecule has 0 aliphatic carbocycles. The maximum absolute atomic E-state index is 4.38. The molecule has 0 bridgehead atoms. The first-order chi connectivity index (χ1) is 9.38. The fourth-order valence-electron chi connectivity index (χ4n) is 2.35. The van der Waals surface area contributed by atoms with E-state index in [1.807, 2.05) is 18.6 Å². The van der Waals surface area contributed by atoms with Crippen LogP contribution in [0.3, 0.4) is 0 Å². The van der Waals surface area contributed by atoms with Crippen molar-refractivity contribution in [2.75, 3.05) is 18.5 Å². The lowest BCUT2D eigenvalue weighted by Gasteiger charge is -2.21. The number of thiazole rings is 1. The fraction of sp³-hybridized carbons (Fsp3) is 0.286. The summed E-state index contributed by atoms with van der Waals surface area (Å²) in [5.74, 6) is 0.917. The van der Waals surface area contributed by atoms with Crippen LogP contribution >= 0.6 is 11.3 Å². The van der Waals surface area contributed by atoms with Gasteiger partial charge < -0.3 is 10.2 Å². The van der Waals surface area contributed by atoms with E-state index in [4.69, 9.17) is 0 Å². The van der Waals surface area contributed by atoms with Crippen molar-refractivity contribution in [1.29, 1.82) is 0 Å². The van der Waals surface area contributed by atoms with E-state index in [1.54, 1.807) is 11.3 Å². The number of nitrogens with one attached hydrogen (secondary N) is 1. The highest BCUT2D eigenvalue weighted by Gasteiger charge is 2.22. The van der Waals surface area contributed by atoms with Crippen molar-refractivity contribution in [3.05, 3.63) is 46.4 Å². The van der Waals surface area contributed by atoms with E-state index in [0.29, 0.717) is 0 Å². The number of aliphatic imine (C=N–C) groups is 1. The summed E-state index contributed by atoms with van der Waals surface area (Å²) in [4.78, 5) is 10.9. The first-order valence-electron chi connectivity index (χ1n) is 6.33. The van der Waals surface area contributed by atoms with Crippen LogP contribution in [0.25, 0.3) is 0 Å². The third-order valence-electron chi connectivity index (χ3n) is 3.24. The number of fused-ring (bicyclic) bond motifs is 1. The molecule has 0 atom stereocenters. The number of nitrogens with zero attached hydrogens (tertiary/aromatic N) is 3. The number of para-hydroxylation sites is 1. The summed E-state index contributed by atoms with van der Waals surface area (Å²) in [5.41, 5.74) is 2.65. The van der Waals surface area contributed by atoms with Crippen molar-refractivity contribution in [3.63, 3.8) is 0 Å². The molecule has 1 aromatic heterocycles. The largest absolute Gasteiger partial charge is 0.349 e. The van der Waals surface area contributed by atoms with Gasteiger partial charge in [0.1, 0.15) is 5.01 Å². The minimum Gasteiger partial charge on any atom is -0.349 e. The van der Waals surface area contributed by atoms with E-state index < -0.39 is 0 Å². The van der Waals surface area contributed by atoms with Gasteiger partial charge >= 0.3 is 0 Å². The molecule has 0 saturated carbocycles. The van der Waals surface area contributed by atoms with Crippen molar-refractivity contribution < 1.29 is 0 Å². The Balaban J connectivity index is 1.74. The van der Waals surface area contributed by atoms with Crippen LogP contribution in [0.5, 0.6) is 0 Å². The molecule has 1 aromatic carbocycles. The number of rotatable bonds is 2. The van der Waals surface area contributed by atoms with Crippen molar-refractivity contribution in [1.82, 2.24) is 10.3 Å². The van der Waals surface area contributed by atoms with Gasteiger partial charge in [0.2, 0.25) is 0 Å². The van der Waals surface area contributed by atoms with Gasteiger partial charge in [0, 0.05) is 30.9 Å². The summed E-state index contributed by atoms with van der Waals surface area (Å²) < 4.78 is 0. The Morgan fingerprint density at radius 3 is 3.16 bits per heavy atom. The van der Waals surface area contributed by atoms with E-state index in [0.717, 1.165) is 30.5 Å². The summed E-state index contributed by atoms with van der Waals surface area (Å²) in [6.45, 7) is 1.71. The molecule has 3 rings (SSSR count). The standard InChI is InChI=1S/C14H16N4S/c1-15-14(17-10-13-16-7-9-19-13)18-8-6-11-4-2-3-5-12(11)18/h2-5,7,9H,6,8,10H2,1H3,(H,15,17). The smallest absolute Gasteiger partial charge is 0.198 e. The maximum Gasteiger partial charge on any atom is 0.198 e. The average Bonchev–Trinajstić information content (AvgIpc) is 3.09. The van der Waals surface area contributed by atoms with Gasteiger partial charge in [-0.05, 0) is 18.1 Å². The van der Waals surface area contributed by atoms with Crippen molar-refractivity contribution in [3.8, 4) is 0 Å². The first kappa shape index (κ1) is 12.2. The van der Waals surface area contributed by atoms with Crippen LogP contribution in [0, 0.1) is 0 Å². The van der Waals surface area contributed by atoms with Crippen LogP contribution in [0.15, 0.2) is 40.8 Å². The maximum atomic E-state index is 4.38. The highest BCUT2D eigenvalue weighted by Crippen LogP contribution is 2.27. The van der Waals surface area contributed by atoms with Crippen LogP contribution in [-0.4, -0.2) is 24.5 Å². The molecule has 0 spiro atoms. The third-order valence-corrected chi connectivity index (χ3v) is 4.02. The normalized spacial score (nSPS) is 14.6. The van der Waals surface area contributed by atoms with Gasteiger partial charge in [0.15, 0.2) is 5.96 Å². The molecule has 4 nitrogen and oxygen atoms in total. The van der Waals surface area contributed by atoms with Crippen LogP contribution in [-0.2, 0) is 13.0 Å². The molecule has 1 aliphatic rings. The minimum atomic E-state index is 0.725. The van der Waals surface area contributed by atoms with E-state index in [2.05, 4.69) is 44.5 Å². The molecule has 98 valence electrons. The highest BCUT2D eigenvalue weighted by molar-refractivity contribution is 7.09. The zero-order valence-corrected chi connectivity index (χ0v) is 11.7. The Hall–Kier alpha value is -1.88. The molecule has 1 aliphatic heterocycles. The molecule has 19 heavy (non-hydrogen) atoms. The molecule has 0 unspecified atom stereocenters. The molecule has 1 N–H and O–H groups in total. The third kappa shape index (κ3) is 2.46. The minimum absolute atomic E-state index is 0.725. The van der Waals surface area contributed by atoms with Crippen LogP contribution in [0.1, 0.15) is 10.6 Å². The van der Waals surface area contributed by atoms with E-state index >= 15 is 0 Å². The van der Waals surface area contributed by atoms with Gasteiger partial charge in [-0.25, -0.2) is 4.98 Å². The molecule has 0 fully saturated rings. The van der Waals surface area contributed by atoms with Crippen molar-refractivity contribution >= 4 is 23.0 Å². The number of hydrogen-bond acceptors (Lipinski definition) is 3. The summed E-state index contributed by atoms with van der Waals surface area (Å²) in [6, 6.07) is 8.50. The second-order valence-electron chi connectivity index (χ2n) is 4.36. The second kappa shape index (κ2) is 5.40. The van der Waals surface area contributed by atoms with Gasteiger partial charge in [-0.3, -0.25) is 4.99 Å². The Kier molecular flexibility index (Phi) is 3.46. The summed E-state index contributed by atoms with van der Waals surface area (Å²) in [5, 5.41) is 6.45. The number of benzene rings is 1. The lowest BCUT2D eigenvalue weighted by molar-refractivity contribution is 0.859. The summed E-state index contributed by atoms with van der Waals surface area (Å²) in [7, 11) is 1.82. The lowest BCUT2D eigenvalue weighted by atomic mass is 10.2. The summed E-state index contributed by atoms with van der Waals surface area (Å²) in [6.07, 6.45) is 2.91. The zero-order chi connectivity index (χ0) is 13.1. The molecule has 5 heteroatoms. The Bertz CT molecular complexity index is 577. The molecule has 2 aromatic rings. The van der Waals surface area contributed by atoms with Gasteiger partial charge in [-0.15, -0.1) is 11.3 Å². The van der Waals surface area contributed by atoms with Gasteiger partial charge in [0.25, 0.3) is 0 Å². The molecule has 2 heterocycles. The molecule has 0 amide bonds. The number of hydrogen-bond donors (Lipinski definition) is 1. The van der Waals surface area contributed by atoms with Gasteiger partial charge in [0.05, 0.1) is 6.54 Å². The van der Waals surface area contributed by atoms with Gasteiger partial charge in [-0.2, -0.15) is 0 Å². The van der Waals surface area contributed by atoms with Crippen molar-refractivity contribution in [2.45, 2.75) is 13.0 Å². The quantitative estimate of drug-likeness (QED) is 0.673. The number of aromatic nitrogens is 1. The number of anilines is 1. The van der Waals surface area contributed by atoms with Crippen LogP contribution in [0.2, 0.25) is 0 Å². The molecule has 0 radical (unpaired) electrons. The average molecular weight is 272 g/mol. The SMILES string of the molecule is CN=C(NCc1nccs1)N1CCc2ccccc21. The topological polar surface area (TPSA) is 40.5 Å². The van der Waals surface area contributed by atoms with Crippen LogP contribution in [0.4, 0.5) is 5.69 Å². The molecule has 0 saturated heterocycles. The predicted octanol–water partition coefficient (Wildman–Crippen LogP) is 2.28. The summed E-state index contributed by atoms with van der Waals surface area (Å²) >= 11 is 1.66. The highest BCUT2D eigenvalue weighted by atomic mass is 32.1. The Labute approximate surface area is 116 Å². The fourth-order valence-corrected chi connectivity index (χ4v) is 2.90. The first-order valence-corrected chi connectivity index (χ1v) is 7.21. The molecular formula is C14H16N4S. The Morgan fingerprint density at radius 2 is 2.37 bits per heavy atom. The monoisotopic (exact) mass is 272 g/mol. The number of guanidine groups is 1. The van der Waals surface area contributed by atoms with E-state index in [-0.39, 0.29) is 0 Å². The van der Waals surface area contributed by atoms with E-state index in [9.17, 15) is 0 Å². The van der Waals surface area contributed by atoms with E-state index in [1.165, 1.54) is 11.3 Å².